The summed E-state index contributed by atoms with van der Waals surface area (Å²) in [5.74, 6) is 0.440. The van der Waals surface area contributed by atoms with Gasteiger partial charge < -0.3 is 15.2 Å². The van der Waals surface area contributed by atoms with E-state index in [0.29, 0.717) is 16.3 Å². The van der Waals surface area contributed by atoms with Gasteiger partial charge in [0.15, 0.2) is 0 Å². The highest BCUT2D eigenvalue weighted by Gasteiger charge is 2.20. The van der Waals surface area contributed by atoms with Crippen molar-refractivity contribution < 1.29 is 14.6 Å². The fraction of sp³-hybridized carbons (Fsp3) is 0.211. The fourth-order valence-electron chi connectivity index (χ4n) is 2.63. The molecule has 1 unspecified atom stereocenters. The van der Waals surface area contributed by atoms with Crippen molar-refractivity contribution >= 4 is 38.9 Å². The van der Waals surface area contributed by atoms with E-state index in [0.717, 1.165) is 21.4 Å². The standard InChI is InChI=1S/C19H18ClNO3S/c1-24-14-7-8-15-16(10-14)25-18(17(15)20)19(23)21-13(11-22)9-12-5-3-2-4-6-12/h2-8,10,13,22H,9,11H2,1H3,(H,21,23). The van der Waals surface area contributed by atoms with E-state index < -0.39 is 0 Å². The van der Waals surface area contributed by atoms with Crippen LogP contribution in [-0.2, 0) is 6.42 Å². The van der Waals surface area contributed by atoms with Crippen molar-refractivity contribution in [3.63, 3.8) is 0 Å². The summed E-state index contributed by atoms with van der Waals surface area (Å²) < 4.78 is 6.10. The van der Waals surface area contributed by atoms with E-state index in [4.69, 9.17) is 16.3 Å². The van der Waals surface area contributed by atoms with Crippen LogP contribution in [0.25, 0.3) is 10.1 Å². The molecule has 0 bridgehead atoms. The van der Waals surface area contributed by atoms with Crippen LogP contribution in [0.5, 0.6) is 5.75 Å². The minimum atomic E-state index is -0.370. The van der Waals surface area contributed by atoms with Gasteiger partial charge in [-0.25, -0.2) is 0 Å². The Morgan fingerprint density at radius 1 is 1.28 bits per heavy atom. The summed E-state index contributed by atoms with van der Waals surface area (Å²) in [5, 5.41) is 13.7. The third kappa shape index (κ3) is 3.95. The lowest BCUT2D eigenvalue weighted by Gasteiger charge is -2.16. The molecule has 3 aromatic rings. The number of carbonyl (C=O) groups excluding carboxylic acids is 1. The number of rotatable bonds is 6. The summed E-state index contributed by atoms with van der Waals surface area (Å²) in [7, 11) is 1.60. The van der Waals surface area contributed by atoms with Gasteiger partial charge in [0.05, 0.1) is 24.8 Å². The van der Waals surface area contributed by atoms with E-state index in [1.165, 1.54) is 11.3 Å². The molecule has 0 aliphatic rings. The molecule has 0 saturated heterocycles. The average molecular weight is 376 g/mol. The van der Waals surface area contributed by atoms with Crippen molar-refractivity contribution in [2.45, 2.75) is 12.5 Å². The first kappa shape index (κ1) is 17.7. The molecule has 4 nitrogen and oxygen atoms in total. The Kier molecular flexibility index (Phi) is 5.58. The molecule has 0 fully saturated rings. The Labute approximate surface area is 155 Å². The molecule has 6 heteroatoms. The summed E-state index contributed by atoms with van der Waals surface area (Å²) >= 11 is 7.70. The Bertz CT molecular complexity index is 879. The Hall–Kier alpha value is -2.08. The lowest BCUT2D eigenvalue weighted by Crippen LogP contribution is -2.38. The summed E-state index contributed by atoms with van der Waals surface area (Å²) in [6.07, 6.45) is 0.555. The smallest absolute Gasteiger partial charge is 0.263 e. The van der Waals surface area contributed by atoms with Crippen LogP contribution < -0.4 is 10.1 Å². The second-order valence-corrected chi connectivity index (χ2v) is 7.08. The second kappa shape index (κ2) is 7.87. The van der Waals surface area contributed by atoms with Crippen molar-refractivity contribution in [2.24, 2.45) is 0 Å². The van der Waals surface area contributed by atoms with E-state index in [1.54, 1.807) is 7.11 Å². The molecule has 1 amide bonds. The van der Waals surface area contributed by atoms with Crippen molar-refractivity contribution in [1.29, 1.82) is 0 Å². The van der Waals surface area contributed by atoms with Crippen molar-refractivity contribution in [1.82, 2.24) is 5.32 Å². The average Bonchev–Trinajstić information content (AvgIpc) is 2.98. The van der Waals surface area contributed by atoms with Crippen molar-refractivity contribution in [2.75, 3.05) is 13.7 Å². The number of ether oxygens (including phenoxy) is 1. The van der Waals surface area contributed by atoms with Crippen molar-refractivity contribution in [3.8, 4) is 5.75 Å². The molecular formula is C19H18ClNO3S. The van der Waals surface area contributed by atoms with E-state index in [1.807, 2.05) is 48.5 Å². The number of hydrogen-bond donors (Lipinski definition) is 2. The molecule has 0 radical (unpaired) electrons. The highest BCUT2D eigenvalue weighted by molar-refractivity contribution is 7.21. The van der Waals surface area contributed by atoms with Crippen molar-refractivity contribution in [3.05, 3.63) is 64.0 Å². The van der Waals surface area contributed by atoms with Crippen LogP contribution in [-0.4, -0.2) is 30.8 Å². The van der Waals surface area contributed by atoms with Gasteiger partial charge in [-0.1, -0.05) is 41.9 Å². The van der Waals surface area contributed by atoms with E-state index in [9.17, 15) is 9.90 Å². The van der Waals surface area contributed by atoms with Gasteiger partial charge in [0, 0.05) is 10.1 Å². The predicted molar refractivity (Wildman–Crippen MR) is 102 cm³/mol. The lowest BCUT2D eigenvalue weighted by atomic mass is 10.1. The van der Waals surface area contributed by atoms with Crippen LogP contribution in [0, 0.1) is 0 Å². The quantitative estimate of drug-likeness (QED) is 0.687. The van der Waals surface area contributed by atoms with Crippen LogP contribution >= 0.6 is 22.9 Å². The number of aliphatic hydroxyl groups excluding tert-OH is 1. The number of hydrogen-bond acceptors (Lipinski definition) is 4. The third-order valence-electron chi connectivity index (χ3n) is 3.92. The molecule has 0 spiro atoms. The predicted octanol–water partition coefficient (Wildman–Crippen LogP) is 3.90. The summed E-state index contributed by atoms with van der Waals surface area (Å²) in [6.45, 7) is -0.142. The lowest BCUT2D eigenvalue weighted by molar-refractivity contribution is 0.0921. The summed E-state index contributed by atoms with van der Waals surface area (Å²) in [4.78, 5) is 13.1. The minimum absolute atomic E-state index is 0.142. The molecular weight excluding hydrogens is 358 g/mol. The first-order valence-corrected chi connectivity index (χ1v) is 9.03. The van der Waals surface area contributed by atoms with Crippen LogP contribution in [0.15, 0.2) is 48.5 Å². The number of amides is 1. The van der Waals surface area contributed by atoms with Gasteiger partial charge in [0.1, 0.15) is 10.6 Å². The molecule has 130 valence electrons. The zero-order valence-corrected chi connectivity index (χ0v) is 15.2. The van der Waals surface area contributed by atoms with Crippen LogP contribution in [0.2, 0.25) is 5.02 Å². The first-order chi connectivity index (χ1) is 12.1. The summed E-state index contributed by atoms with van der Waals surface area (Å²) in [5.41, 5.74) is 1.05. The van der Waals surface area contributed by atoms with Gasteiger partial charge in [-0.2, -0.15) is 0 Å². The number of benzene rings is 2. The number of methoxy groups -OCH3 is 1. The largest absolute Gasteiger partial charge is 0.497 e. The van der Waals surface area contributed by atoms with E-state index in [-0.39, 0.29) is 18.6 Å². The SMILES string of the molecule is COc1ccc2c(Cl)c(C(=O)NC(CO)Cc3ccccc3)sc2c1. The maximum atomic E-state index is 12.6. The minimum Gasteiger partial charge on any atom is -0.497 e. The van der Waals surface area contributed by atoms with Gasteiger partial charge in [-0.05, 0) is 30.2 Å². The molecule has 1 heterocycles. The molecule has 0 aliphatic heterocycles. The number of nitrogens with one attached hydrogen (secondary N) is 1. The highest BCUT2D eigenvalue weighted by Crippen LogP contribution is 2.37. The Morgan fingerprint density at radius 3 is 2.72 bits per heavy atom. The topological polar surface area (TPSA) is 58.6 Å². The maximum Gasteiger partial charge on any atom is 0.263 e. The molecule has 2 aromatic carbocycles. The van der Waals surface area contributed by atoms with Crippen LogP contribution in [0.1, 0.15) is 15.2 Å². The van der Waals surface area contributed by atoms with E-state index >= 15 is 0 Å². The monoisotopic (exact) mass is 375 g/mol. The normalized spacial score (nSPS) is 12.1. The van der Waals surface area contributed by atoms with E-state index in [2.05, 4.69) is 5.32 Å². The maximum absolute atomic E-state index is 12.6. The molecule has 3 rings (SSSR count). The molecule has 2 N–H and O–H groups in total. The molecule has 1 aromatic heterocycles. The number of fused-ring (bicyclic) bond motifs is 1. The van der Waals surface area contributed by atoms with Gasteiger partial charge >= 0.3 is 0 Å². The molecule has 25 heavy (non-hydrogen) atoms. The molecule has 0 aliphatic carbocycles. The number of thiophene rings is 1. The molecule has 1 atom stereocenters. The Morgan fingerprint density at radius 2 is 2.04 bits per heavy atom. The van der Waals surface area contributed by atoms with Gasteiger partial charge in [0.2, 0.25) is 0 Å². The second-order valence-electron chi connectivity index (χ2n) is 5.65. The number of halogens is 1. The third-order valence-corrected chi connectivity index (χ3v) is 5.58. The van der Waals surface area contributed by atoms with Crippen LogP contribution in [0.4, 0.5) is 0 Å². The van der Waals surface area contributed by atoms with Gasteiger partial charge in [0.25, 0.3) is 5.91 Å². The highest BCUT2D eigenvalue weighted by atomic mass is 35.5. The van der Waals surface area contributed by atoms with Gasteiger partial charge in [-0.3, -0.25) is 4.79 Å². The Balaban J connectivity index is 1.80. The fourth-order valence-corrected chi connectivity index (χ4v) is 4.08. The first-order valence-electron chi connectivity index (χ1n) is 7.84. The zero-order chi connectivity index (χ0) is 17.8. The summed E-state index contributed by atoms with van der Waals surface area (Å²) in [6, 6.07) is 14.9. The number of aliphatic hydroxyl groups is 1. The zero-order valence-electron chi connectivity index (χ0n) is 13.7. The number of carbonyl (C=O) groups is 1. The molecule has 0 saturated carbocycles. The van der Waals surface area contributed by atoms with Gasteiger partial charge in [-0.15, -0.1) is 11.3 Å². The van der Waals surface area contributed by atoms with Crippen LogP contribution in [0.3, 0.4) is 0 Å².